The third kappa shape index (κ3) is 3.82. The molecule has 0 saturated heterocycles. The lowest BCUT2D eigenvalue weighted by Gasteiger charge is -2.06. The summed E-state index contributed by atoms with van der Waals surface area (Å²) in [6, 6.07) is 7.16. The highest BCUT2D eigenvalue weighted by Gasteiger charge is 2.02. The normalized spacial score (nSPS) is 11.0. The van der Waals surface area contributed by atoms with Crippen LogP contribution in [0.25, 0.3) is 0 Å². The molecule has 0 radical (unpaired) electrons. The minimum atomic E-state index is -0.484. The van der Waals surface area contributed by atoms with E-state index in [2.05, 4.69) is 5.32 Å². The standard InChI is InChI=1S/C10H12N2O3S/c1-15-9-5-3-8(4-6-9)11-10(16-2)7-12(13)14/h3-7,11H,1-2H3. The predicted octanol–water partition coefficient (Wildman–Crippen LogP) is 2.55. The topological polar surface area (TPSA) is 64.4 Å². The number of nitrogens with one attached hydrogen (secondary N) is 1. The van der Waals surface area contributed by atoms with Crippen LogP contribution < -0.4 is 10.1 Å². The highest BCUT2D eigenvalue weighted by atomic mass is 32.2. The van der Waals surface area contributed by atoms with Gasteiger partial charge in [0.25, 0.3) is 6.20 Å². The van der Waals surface area contributed by atoms with E-state index in [1.165, 1.54) is 11.8 Å². The smallest absolute Gasteiger partial charge is 0.264 e. The van der Waals surface area contributed by atoms with Crippen LogP contribution in [0, 0.1) is 10.1 Å². The Balaban J connectivity index is 2.74. The summed E-state index contributed by atoms with van der Waals surface area (Å²) < 4.78 is 5.01. The van der Waals surface area contributed by atoms with Crippen LogP contribution in [0.1, 0.15) is 0 Å². The minimum Gasteiger partial charge on any atom is -0.497 e. The van der Waals surface area contributed by atoms with Gasteiger partial charge in [0.05, 0.1) is 12.0 Å². The summed E-state index contributed by atoms with van der Waals surface area (Å²) in [5.74, 6) is 0.745. The van der Waals surface area contributed by atoms with E-state index in [9.17, 15) is 10.1 Å². The van der Waals surface area contributed by atoms with E-state index in [0.717, 1.165) is 17.6 Å². The van der Waals surface area contributed by atoms with Gasteiger partial charge in [-0.15, -0.1) is 11.8 Å². The molecule has 1 aromatic rings. The Hall–Kier alpha value is -1.69. The number of ether oxygens (including phenoxy) is 1. The highest BCUT2D eigenvalue weighted by molar-refractivity contribution is 8.02. The fourth-order valence-corrected chi connectivity index (χ4v) is 1.46. The van der Waals surface area contributed by atoms with E-state index in [-0.39, 0.29) is 0 Å². The summed E-state index contributed by atoms with van der Waals surface area (Å²) >= 11 is 1.28. The number of nitrogens with zero attached hydrogens (tertiary/aromatic N) is 1. The molecule has 5 nitrogen and oxygen atoms in total. The molecule has 0 aliphatic carbocycles. The van der Waals surface area contributed by atoms with Gasteiger partial charge in [-0.3, -0.25) is 10.1 Å². The molecule has 0 aliphatic rings. The SMILES string of the molecule is COc1ccc(NC(=C[N+](=O)[O-])SC)cc1. The molecule has 86 valence electrons. The summed E-state index contributed by atoms with van der Waals surface area (Å²) in [6.45, 7) is 0. The Labute approximate surface area is 97.6 Å². The van der Waals surface area contributed by atoms with Crippen molar-refractivity contribution in [3.8, 4) is 5.75 Å². The molecular weight excluding hydrogens is 228 g/mol. The Morgan fingerprint density at radius 3 is 2.56 bits per heavy atom. The van der Waals surface area contributed by atoms with Crippen molar-refractivity contribution in [3.63, 3.8) is 0 Å². The maximum Gasteiger partial charge on any atom is 0.264 e. The molecule has 0 aromatic heterocycles. The second-order valence-corrected chi connectivity index (χ2v) is 3.68. The fourth-order valence-electron chi connectivity index (χ4n) is 1.05. The Morgan fingerprint density at radius 2 is 2.12 bits per heavy atom. The summed E-state index contributed by atoms with van der Waals surface area (Å²) in [5.41, 5.74) is 0.781. The number of hydrogen-bond donors (Lipinski definition) is 1. The molecular formula is C10H12N2O3S. The van der Waals surface area contributed by atoms with Crippen molar-refractivity contribution in [2.24, 2.45) is 0 Å². The molecule has 1 N–H and O–H groups in total. The van der Waals surface area contributed by atoms with Gasteiger partial charge in [0.15, 0.2) is 0 Å². The average Bonchev–Trinajstić information content (AvgIpc) is 2.28. The Morgan fingerprint density at radius 1 is 1.50 bits per heavy atom. The first-order valence-electron chi connectivity index (χ1n) is 4.46. The van der Waals surface area contributed by atoms with Crippen molar-refractivity contribution < 1.29 is 9.66 Å². The molecule has 1 aromatic carbocycles. The maximum absolute atomic E-state index is 10.3. The van der Waals surface area contributed by atoms with Crippen LogP contribution in [0.3, 0.4) is 0 Å². The molecule has 0 heterocycles. The minimum absolute atomic E-state index is 0.482. The van der Waals surface area contributed by atoms with Crippen LogP contribution in [-0.2, 0) is 0 Å². The number of methoxy groups -OCH3 is 1. The zero-order chi connectivity index (χ0) is 12.0. The van der Waals surface area contributed by atoms with Gasteiger partial charge in [-0.05, 0) is 30.5 Å². The van der Waals surface area contributed by atoms with Crippen LogP contribution in [0.15, 0.2) is 35.5 Å². The van der Waals surface area contributed by atoms with Gasteiger partial charge in [0.1, 0.15) is 10.8 Å². The summed E-state index contributed by atoms with van der Waals surface area (Å²) in [7, 11) is 1.59. The number of hydrogen-bond acceptors (Lipinski definition) is 5. The molecule has 0 aliphatic heterocycles. The van der Waals surface area contributed by atoms with Gasteiger partial charge in [-0.25, -0.2) is 0 Å². The molecule has 6 heteroatoms. The molecule has 16 heavy (non-hydrogen) atoms. The number of nitro groups is 1. The lowest BCUT2D eigenvalue weighted by molar-refractivity contribution is -0.402. The van der Waals surface area contributed by atoms with Crippen LogP contribution in [-0.4, -0.2) is 18.3 Å². The molecule has 0 saturated carbocycles. The second-order valence-electron chi connectivity index (χ2n) is 2.84. The highest BCUT2D eigenvalue weighted by Crippen LogP contribution is 2.19. The summed E-state index contributed by atoms with van der Waals surface area (Å²) in [4.78, 5) is 9.83. The zero-order valence-corrected chi connectivity index (χ0v) is 9.78. The first-order chi connectivity index (χ1) is 7.65. The quantitative estimate of drug-likeness (QED) is 0.633. The van der Waals surface area contributed by atoms with Crippen LogP contribution >= 0.6 is 11.8 Å². The lowest BCUT2D eigenvalue weighted by Crippen LogP contribution is -1.98. The number of benzene rings is 1. The van der Waals surface area contributed by atoms with Crippen LogP contribution in [0.5, 0.6) is 5.75 Å². The average molecular weight is 240 g/mol. The van der Waals surface area contributed by atoms with E-state index in [1.807, 2.05) is 0 Å². The Bertz CT molecular complexity index is 390. The van der Waals surface area contributed by atoms with Crippen molar-refractivity contribution in [3.05, 3.63) is 45.6 Å². The third-order valence-electron chi connectivity index (χ3n) is 1.80. The molecule has 0 atom stereocenters. The van der Waals surface area contributed by atoms with Crippen LogP contribution in [0.2, 0.25) is 0 Å². The molecule has 0 bridgehead atoms. The first kappa shape index (κ1) is 12.4. The molecule has 0 fully saturated rings. The molecule has 0 spiro atoms. The zero-order valence-electron chi connectivity index (χ0n) is 8.97. The summed E-state index contributed by atoms with van der Waals surface area (Å²) in [5, 5.41) is 13.7. The maximum atomic E-state index is 10.3. The second kappa shape index (κ2) is 6.02. The third-order valence-corrected chi connectivity index (χ3v) is 2.45. The van der Waals surface area contributed by atoms with Gasteiger partial charge < -0.3 is 10.1 Å². The van der Waals surface area contributed by atoms with E-state index in [0.29, 0.717) is 5.03 Å². The van der Waals surface area contributed by atoms with Gasteiger partial charge in [0.2, 0.25) is 0 Å². The van der Waals surface area contributed by atoms with Gasteiger partial charge in [-0.2, -0.15) is 0 Å². The van der Waals surface area contributed by atoms with Gasteiger partial charge in [-0.1, -0.05) is 0 Å². The largest absolute Gasteiger partial charge is 0.497 e. The monoisotopic (exact) mass is 240 g/mol. The van der Waals surface area contributed by atoms with E-state index in [4.69, 9.17) is 4.74 Å². The van der Waals surface area contributed by atoms with Gasteiger partial charge in [0, 0.05) is 5.69 Å². The van der Waals surface area contributed by atoms with Gasteiger partial charge >= 0.3 is 0 Å². The Kier molecular flexibility index (Phi) is 4.65. The number of thioether (sulfide) groups is 1. The summed E-state index contributed by atoms with van der Waals surface area (Å²) in [6.07, 6.45) is 2.71. The predicted molar refractivity (Wildman–Crippen MR) is 65.2 cm³/mol. The number of rotatable bonds is 5. The van der Waals surface area contributed by atoms with Crippen molar-refractivity contribution in [1.82, 2.24) is 0 Å². The van der Waals surface area contributed by atoms with Crippen molar-refractivity contribution >= 4 is 17.4 Å². The molecule has 1 rings (SSSR count). The molecule has 0 amide bonds. The first-order valence-corrected chi connectivity index (χ1v) is 5.68. The van der Waals surface area contributed by atoms with E-state index in [1.54, 1.807) is 37.6 Å². The van der Waals surface area contributed by atoms with Crippen molar-refractivity contribution in [2.75, 3.05) is 18.7 Å². The molecule has 0 unspecified atom stereocenters. The van der Waals surface area contributed by atoms with Crippen molar-refractivity contribution in [2.45, 2.75) is 0 Å². The van der Waals surface area contributed by atoms with Crippen LogP contribution in [0.4, 0.5) is 5.69 Å². The number of anilines is 1. The van der Waals surface area contributed by atoms with Crippen molar-refractivity contribution in [1.29, 1.82) is 0 Å². The van der Waals surface area contributed by atoms with E-state index >= 15 is 0 Å². The van der Waals surface area contributed by atoms with E-state index < -0.39 is 4.92 Å². The lowest BCUT2D eigenvalue weighted by atomic mass is 10.3. The fraction of sp³-hybridized carbons (Fsp3) is 0.200.